The zero-order chi connectivity index (χ0) is 14.6. The number of nitro groups is 1. The molecular weight excluding hydrogens is 312 g/mol. The van der Waals surface area contributed by atoms with Crippen molar-refractivity contribution in [3.05, 3.63) is 39.4 Å². The average molecular weight is 329 g/mol. The van der Waals surface area contributed by atoms with E-state index in [1.54, 1.807) is 13.0 Å². The fourth-order valence-electron chi connectivity index (χ4n) is 1.56. The Morgan fingerprint density at radius 3 is 2.58 bits per heavy atom. The van der Waals surface area contributed by atoms with Gasteiger partial charge >= 0.3 is 0 Å². The maximum atomic E-state index is 12.2. The van der Waals surface area contributed by atoms with Gasteiger partial charge in [0.05, 0.1) is 4.92 Å². The molecular formula is C13H17BrN2O3. The number of alkyl halides is 1. The van der Waals surface area contributed by atoms with E-state index in [1.165, 1.54) is 12.1 Å². The number of non-ortho nitro benzene ring substituents is 1. The Kier molecular flexibility index (Phi) is 5.05. The Morgan fingerprint density at radius 2 is 2.11 bits per heavy atom. The fourth-order valence-corrected chi connectivity index (χ4v) is 2.10. The molecule has 5 nitrogen and oxygen atoms in total. The Balaban J connectivity index is 3.03. The summed E-state index contributed by atoms with van der Waals surface area (Å²) in [5, 5.41) is 14.3. The molecule has 0 fully saturated rings. The Hall–Kier alpha value is -1.43. The van der Waals surface area contributed by atoms with E-state index in [0.29, 0.717) is 16.5 Å². The van der Waals surface area contributed by atoms with E-state index < -0.39 is 4.92 Å². The lowest BCUT2D eigenvalue weighted by atomic mass is 10.0. The van der Waals surface area contributed by atoms with Gasteiger partial charge in [0.1, 0.15) is 0 Å². The number of hydrogen-bond donors (Lipinski definition) is 1. The van der Waals surface area contributed by atoms with Gasteiger partial charge in [0.2, 0.25) is 0 Å². The van der Waals surface area contributed by atoms with Crippen molar-refractivity contribution in [3.63, 3.8) is 0 Å². The standard InChI is InChI=1S/C13H17BrN2O3/c1-4-13(3,8-14)15-12(17)10-5-9(2)6-11(7-10)16(18)19/h5-7H,4,8H2,1-3H3,(H,15,17). The second-order valence-electron chi connectivity index (χ2n) is 4.82. The maximum Gasteiger partial charge on any atom is 0.270 e. The van der Waals surface area contributed by atoms with Gasteiger partial charge in [-0.3, -0.25) is 14.9 Å². The highest BCUT2D eigenvalue weighted by atomic mass is 79.9. The van der Waals surface area contributed by atoms with Crippen LogP contribution in [0, 0.1) is 17.0 Å². The lowest BCUT2D eigenvalue weighted by molar-refractivity contribution is -0.384. The summed E-state index contributed by atoms with van der Waals surface area (Å²) in [5.74, 6) is -0.296. The van der Waals surface area contributed by atoms with Gasteiger partial charge in [-0.25, -0.2) is 0 Å². The van der Waals surface area contributed by atoms with Gasteiger partial charge in [0.15, 0.2) is 0 Å². The van der Waals surface area contributed by atoms with Crippen LogP contribution in [0.25, 0.3) is 0 Å². The first-order valence-electron chi connectivity index (χ1n) is 5.96. The number of halogens is 1. The molecule has 0 bridgehead atoms. The van der Waals surface area contributed by atoms with Gasteiger partial charge in [-0.15, -0.1) is 0 Å². The third-order valence-electron chi connectivity index (χ3n) is 3.03. The highest BCUT2D eigenvalue weighted by Gasteiger charge is 2.24. The van der Waals surface area contributed by atoms with Crippen LogP contribution in [0.2, 0.25) is 0 Å². The zero-order valence-corrected chi connectivity index (χ0v) is 12.8. The lowest BCUT2D eigenvalue weighted by Crippen LogP contribution is -2.46. The molecule has 0 saturated heterocycles. The third kappa shape index (κ3) is 4.02. The van der Waals surface area contributed by atoms with Crippen molar-refractivity contribution >= 4 is 27.5 Å². The molecule has 0 aliphatic heterocycles. The zero-order valence-electron chi connectivity index (χ0n) is 11.2. The summed E-state index contributed by atoms with van der Waals surface area (Å²) in [6, 6.07) is 4.39. The first-order chi connectivity index (χ1) is 8.81. The smallest absolute Gasteiger partial charge is 0.270 e. The SMILES string of the molecule is CCC(C)(CBr)NC(=O)c1cc(C)cc([N+](=O)[O-])c1. The quantitative estimate of drug-likeness (QED) is 0.512. The van der Waals surface area contributed by atoms with Crippen molar-refractivity contribution in [1.82, 2.24) is 5.32 Å². The molecule has 0 aromatic heterocycles. The highest BCUT2D eigenvalue weighted by Crippen LogP contribution is 2.19. The first-order valence-corrected chi connectivity index (χ1v) is 7.08. The lowest BCUT2D eigenvalue weighted by Gasteiger charge is -2.27. The Morgan fingerprint density at radius 1 is 1.47 bits per heavy atom. The molecule has 1 N–H and O–H groups in total. The molecule has 1 amide bonds. The van der Waals surface area contributed by atoms with Crippen LogP contribution in [-0.2, 0) is 0 Å². The predicted molar refractivity (Wildman–Crippen MR) is 77.8 cm³/mol. The summed E-state index contributed by atoms with van der Waals surface area (Å²) in [6.07, 6.45) is 0.762. The molecule has 104 valence electrons. The molecule has 1 atom stereocenters. The Bertz CT molecular complexity index is 499. The minimum atomic E-state index is -0.493. The van der Waals surface area contributed by atoms with Crippen molar-refractivity contribution in [2.24, 2.45) is 0 Å². The number of carbonyl (C=O) groups is 1. The molecule has 19 heavy (non-hydrogen) atoms. The van der Waals surface area contributed by atoms with Crippen LogP contribution in [0.5, 0.6) is 0 Å². The maximum absolute atomic E-state index is 12.2. The highest BCUT2D eigenvalue weighted by molar-refractivity contribution is 9.09. The molecule has 0 spiro atoms. The largest absolute Gasteiger partial charge is 0.346 e. The van der Waals surface area contributed by atoms with Gasteiger partial charge in [-0.1, -0.05) is 22.9 Å². The minimum absolute atomic E-state index is 0.0674. The number of nitrogens with zero attached hydrogens (tertiary/aromatic N) is 1. The molecule has 0 aliphatic rings. The van der Waals surface area contributed by atoms with Crippen molar-refractivity contribution in [1.29, 1.82) is 0 Å². The number of nitrogens with one attached hydrogen (secondary N) is 1. The van der Waals surface area contributed by atoms with E-state index in [9.17, 15) is 14.9 Å². The van der Waals surface area contributed by atoms with Gasteiger partial charge < -0.3 is 5.32 Å². The number of aryl methyl sites for hydroxylation is 1. The molecule has 0 saturated carbocycles. The van der Waals surface area contributed by atoms with Crippen molar-refractivity contribution in [2.45, 2.75) is 32.7 Å². The minimum Gasteiger partial charge on any atom is -0.346 e. The van der Waals surface area contributed by atoms with Gasteiger partial charge in [-0.2, -0.15) is 0 Å². The van der Waals surface area contributed by atoms with Crippen LogP contribution in [0.1, 0.15) is 36.2 Å². The number of nitro benzene ring substituents is 1. The molecule has 1 unspecified atom stereocenters. The first kappa shape index (κ1) is 15.6. The number of hydrogen-bond acceptors (Lipinski definition) is 3. The van der Waals surface area contributed by atoms with Crippen molar-refractivity contribution in [2.75, 3.05) is 5.33 Å². The van der Waals surface area contributed by atoms with E-state index in [2.05, 4.69) is 21.2 Å². The Labute approximate surface area is 120 Å². The molecule has 0 aliphatic carbocycles. The second kappa shape index (κ2) is 6.14. The molecule has 0 heterocycles. The predicted octanol–water partition coefficient (Wildman–Crippen LogP) is 3.20. The van der Waals surface area contributed by atoms with E-state index in [4.69, 9.17) is 0 Å². The van der Waals surface area contributed by atoms with Crippen molar-refractivity contribution < 1.29 is 9.72 Å². The van der Waals surface area contributed by atoms with E-state index in [0.717, 1.165) is 6.42 Å². The molecule has 1 aromatic rings. The average Bonchev–Trinajstić information content (AvgIpc) is 2.37. The number of rotatable bonds is 5. The third-order valence-corrected chi connectivity index (χ3v) is 4.26. The van der Waals surface area contributed by atoms with Gasteiger partial charge in [0.25, 0.3) is 11.6 Å². The summed E-state index contributed by atoms with van der Waals surface area (Å²) in [4.78, 5) is 22.4. The number of amides is 1. The van der Waals surface area contributed by atoms with Gasteiger partial charge in [0, 0.05) is 28.6 Å². The molecule has 1 aromatic carbocycles. The monoisotopic (exact) mass is 328 g/mol. The second-order valence-corrected chi connectivity index (χ2v) is 5.38. The number of carbonyl (C=O) groups excluding carboxylic acids is 1. The van der Waals surface area contributed by atoms with Gasteiger partial charge in [-0.05, 0) is 31.9 Å². The van der Waals surface area contributed by atoms with Crippen LogP contribution in [0.4, 0.5) is 5.69 Å². The molecule has 1 rings (SSSR count). The fraction of sp³-hybridized carbons (Fsp3) is 0.462. The van der Waals surface area contributed by atoms with E-state index in [1.807, 2.05) is 13.8 Å². The molecule has 0 radical (unpaired) electrons. The van der Waals surface area contributed by atoms with Crippen LogP contribution < -0.4 is 5.32 Å². The summed E-state index contributed by atoms with van der Waals surface area (Å²) in [7, 11) is 0. The normalized spacial score (nSPS) is 13.7. The summed E-state index contributed by atoms with van der Waals surface area (Å²) < 4.78 is 0. The van der Waals surface area contributed by atoms with E-state index in [-0.39, 0.29) is 17.1 Å². The van der Waals surface area contributed by atoms with Crippen LogP contribution >= 0.6 is 15.9 Å². The van der Waals surface area contributed by atoms with Crippen LogP contribution in [0.3, 0.4) is 0 Å². The topological polar surface area (TPSA) is 72.2 Å². The van der Waals surface area contributed by atoms with Crippen LogP contribution in [-0.4, -0.2) is 21.7 Å². The summed E-state index contributed by atoms with van der Waals surface area (Å²) >= 11 is 3.36. The summed E-state index contributed by atoms with van der Waals surface area (Å²) in [5.41, 5.74) is 0.571. The van der Waals surface area contributed by atoms with Crippen LogP contribution in [0.15, 0.2) is 18.2 Å². The summed E-state index contributed by atoms with van der Waals surface area (Å²) in [6.45, 7) is 5.62. The van der Waals surface area contributed by atoms with E-state index >= 15 is 0 Å². The molecule has 6 heteroatoms. The van der Waals surface area contributed by atoms with Crippen molar-refractivity contribution in [3.8, 4) is 0 Å². The number of benzene rings is 1.